The van der Waals surface area contributed by atoms with Crippen LogP contribution in [0, 0.1) is 6.92 Å². The van der Waals surface area contributed by atoms with Gasteiger partial charge in [0.2, 0.25) is 0 Å². The van der Waals surface area contributed by atoms with Crippen LogP contribution in [0.15, 0.2) is 22.6 Å². The molecular weight excluding hydrogens is 228 g/mol. The van der Waals surface area contributed by atoms with Gasteiger partial charge in [-0.2, -0.15) is 0 Å². The highest BCUT2D eigenvalue weighted by atomic mass is 16.3. The Morgan fingerprint density at radius 1 is 1.39 bits per heavy atom. The normalized spacial score (nSPS) is 12.2. The van der Waals surface area contributed by atoms with Crippen molar-refractivity contribution < 1.29 is 4.42 Å². The van der Waals surface area contributed by atoms with Gasteiger partial charge in [0.1, 0.15) is 5.52 Å². The Bertz CT molecular complexity index is 533. The fourth-order valence-corrected chi connectivity index (χ4v) is 2.01. The summed E-state index contributed by atoms with van der Waals surface area (Å²) in [5.41, 5.74) is 5.56. The molecule has 4 N–H and O–H groups in total. The zero-order valence-electron chi connectivity index (χ0n) is 11.1. The summed E-state index contributed by atoms with van der Waals surface area (Å²) >= 11 is 0. The second kappa shape index (κ2) is 5.06. The number of rotatable bonds is 5. The van der Waals surface area contributed by atoms with Gasteiger partial charge in [0, 0.05) is 18.9 Å². The minimum Gasteiger partial charge on any atom is -0.441 e. The first kappa shape index (κ1) is 13.0. The summed E-state index contributed by atoms with van der Waals surface area (Å²) in [5.74, 6) is 5.94. The monoisotopic (exact) mass is 248 g/mol. The van der Waals surface area contributed by atoms with E-state index in [1.807, 2.05) is 13.0 Å². The van der Waals surface area contributed by atoms with Crippen LogP contribution in [0.3, 0.4) is 0 Å². The molecule has 1 aromatic heterocycles. The van der Waals surface area contributed by atoms with Crippen LogP contribution in [0.1, 0.15) is 25.3 Å². The van der Waals surface area contributed by atoms with Crippen LogP contribution >= 0.6 is 0 Å². The standard InChI is InChI=1S/C13H20N4O/c1-9-17-11-5-4-10(6-12(11)18-9)13(2,3)7-15-8-16-14/h4-6,15-16H,7-8,14H2,1-3H3. The number of aryl methyl sites for hydroxylation is 1. The quantitative estimate of drug-likeness (QED) is 0.323. The first-order valence-corrected chi connectivity index (χ1v) is 6.05. The van der Waals surface area contributed by atoms with Gasteiger partial charge < -0.3 is 9.73 Å². The van der Waals surface area contributed by atoms with E-state index in [0.717, 1.165) is 17.6 Å². The predicted molar refractivity (Wildman–Crippen MR) is 72.0 cm³/mol. The number of aromatic nitrogens is 1. The Labute approximate surface area is 107 Å². The summed E-state index contributed by atoms with van der Waals surface area (Å²) < 4.78 is 5.57. The molecule has 98 valence electrons. The van der Waals surface area contributed by atoms with Crippen molar-refractivity contribution in [1.82, 2.24) is 15.7 Å². The Balaban J connectivity index is 2.23. The van der Waals surface area contributed by atoms with Gasteiger partial charge in [-0.1, -0.05) is 19.9 Å². The highest BCUT2D eigenvalue weighted by Crippen LogP contribution is 2.26. The summed E-state index contributed by atoms with van der Waals surface area (Å²) in [6, 6.07) is 6.17. The van der Waals surface area contributed by atoms with Crippen molar-refractivity contribution in [1.29, 1.82) is 0 Å². The van der Waals surface area contributed by atoms with Gasteiger partial charge in [0.05, 0.1) is 6.67 Å². The molecule has 0 aliphatic carbocycles. The van der Waals surface area contributed by atoms with E-state index in [2.05, 4.69) is 41.7 Å². The summed E-state index contributed by atoms with van der Waals surface area (Å²) in [6.45, 7) is 7.64. The highest BCUT2D eigenvalue weighted by Gasteiger charge is 2.21. The maximum absolute atomic E-state index is 5.57. The van der Waals surface area contributed by atoms with Crippen LogP contribution in [-0.4, -0.2) is 18.2 Å². The lowest BCUT2D eigenvalue weighted by molar-refractivity contribution is 0.454. The third-order valence-electron chi connectivity index (χ3n) is 3.07. The Kier molecular flexibility index (Phi) is 3.65. The van der Waals surface area contributed by atoms with E-state index in [4.69, 9.17) is 10.3 Å². The summed E-state index contributed by atoms with van der Waals surface area (Å²) in [4.78, 5) is 4.30. The number of nitrogens with one attached hydrogen (secondary N) is 2. The molecule has 1 aromatic carbocycles. The minimum atomic E-state index is 0.00569. The summed E-state index contributed by atoms with van der Waals surface area (Å²) in [6.07, 6.45) is 0. The lowest BCUT2D eigenvalue weighted by atomic mass is 9.84. The first-order valence-electron chi connectivity index (χ1n) is 6.05. The lowest BCUT2D eigenvalue weighted by Gasteiger charge is -2.25. The molecule has 0 aliphatic rings. The average Bonchev–Trinajstić information content (AvgIpc) is 2.68. The molecule has 0 unspecified atom stereocenters. The van der Waals surface area contributed by atoms with Crippen molar-refractivity contribution in [2.75, 3.05) is 13.2 Å². The minimum absolute atomic E-state index is 0.00569. The summed E-state index contributed by atoms with van der Waals surface area (Å²) in [5, 5.41) is 3.24. The molecule has 5 heteroatoms. The molecule has 0 amide bonds. The van der Waals surface area contributed by atoms with E-state index < -0.39 is 0 Å². The number of hydrogen-bond donors (Lipinski definition) is 3. The Morgan fingerprint density at radius 2 is 2.17 bits per heavy atom. The molecule has 5 nitrogen and oxygen atoms in total. The molecular formula is C13H20N4O. The van der Waals surface area contributed by atoms with E-state index >= 15 is 0 Å². The largest absolute Gasteiger partial charge is 0.441 e. The molecule has 0 radical (unpaired) electrons. The molecule has 1 heterocycles. The SMILES string of the molecule is Cc1nc2ccc(C(C)(C)CNCNN)cc2o1. The van der Waals surface area contributed by atoms with Gasteiger partial charge in [-0.15, -0.1) is 0 Å². The van der Waals surface area contributed by atoms with Gasteiger partial charge in [-0.05, 0) is 17.7 Å². The second-order valence-corrected chi connectivity index (χ2v) is 5.11. The summed E-state index contributed by atoms with van der Waals surface area (Å²) in [7, 11) is 0. The van der Waals surface area contributed by atoms with Gasteiger partial charge in [0.15, 0.2) is 11.5 Å². The molecule has 0 saturated carbocycles. The highest BCUT2D eigenvalue weighted by molar-refractivity contribution is 5.73. The smallest absolute Gasteiger partial charge is 0.192 e. The Morgan fingerprint density at radius 3 is 2.89 bits per heavy atom. The molecule has 2 aromatic rings. The van der Waals surface area contributed by atoms with Crippen LogP contribution < -0.4 is 16.6 Å². The van der Waals surface area contributed by atoms with Crippen molar-refractivity contribution in [3.63, 3.8) is 0 Å². The van der Waals surface area contributed by atoms with Crippen molar-refractivity contribution >= 4 is 11.1 Å². The van der Waals surface area contributed by atoms with Crippen LogP contribution in [0.2, 0.25) is 0 Å². The third-order valence-corrected chi connectivity index (χ3v) is 3.07. The van der Waals surface area contributed by atoms with Gasteiger partial charge in [0.25, 0.3) is 0 Å². The van der Waals surface area contributed by atoms with Crippen LogP contribution in [0.25, 0.3) is 11.1 Å². The number of hydrogen-bond acceptors (Lipinski definition) is 5. The molecule has 0 atom stereocenters. The second-order valence-electron chi connectivity index (χ2n) is 5.11. The van der Waals surface area contributed by atoms with Crippen molar-refractivity contribution in [3.05, 3.63) is 29.7 Å². The fraction of sp³-hybridized carbons (Fsp3) is 0.462. The van der Waals surface area contributed by atoms with Gasteiger partial charge >= 0.3 is 0 Å². The van der Waals surface area contributed by atoms with Crippen LogP contribution in [0.5, 0.6) is 0 Å². The van der Waals surface area contributed by atoms with Gasteiger partial charge in [-0.3, -0.25) is 5.84 Å². The number of nitrogens with zero attached hydrogens (tertiary/aromatic N) is 1. The van der Waals surface area contributed by atoms with E-state index in [0.29, 0.717) is 12.6 Å². The fourth-order valence-electron chi connectivity index (χ4n) is 2.01. The van der Waals surface area contributed by atoms with Crippen molar-refractivity contribution in [2.24, 2.45) is 5.84 Å². The number of hydrazine groups is 1. The third kappa shape index (κ3) is 2.69. The molecule has 2 rings (SSSR count). The van der Waals surface area contributed by atoms with E-state index in [1.165, 1.54) is 5.56 Å². The zero-order chi connectivity index (χ0) is 13.2. The van der Waals surface area contributed by atoms with E-state index in [-0.39, 0.29) is 5.41 Å². The number of fused-ring (bicyclic) bond motifs is 1. The molecule has 0 aliphatic heterocycles. The number of benzene rings is 1. The molecule has 0 saturated heterocycles. The lowest BCUT2D eigenvalue weighted by Crippen LogP contribution is -2.40. The van der Waals surface area contributed by atoms with Gasteiger partial charge in [-0.25, -0.2) is 10.4 Å². The Hall–Kier alpha value is -1.43. The van der Waals surface area contributed by atoms with E-state index in [1.54, 1.807) is 0 Å². The first-order chi connectivity index (χ1) is 8.53. The maximum Gasteiger partial charge on any atom is 0.192 e. The van der Waals surface area contributed by atoms with E-state index in [9.17, 15) is 0 Å². The maximum atomic E-state index is 5.57. The van der Waals surface area contributed by atoms with Crippen molar-refractivity contribution in [3.8, 4) is 0 Å². The predicted octanol–water partition coefficient (Wildman–Crippen LogP) is 1.42. The molecule has 0 spiro atoms. The molecule has 18 heavy (non-hydrogen) atoms. The van der Waals surface area contributed by atoms with Crippen LogP contribution in [0.4, 0.5) is 0 Å². The number of nitrogens with two attached hydrogens (primary N) is 1. The average molecular weight is 248 g/mol. The zero-order valence-corrected chi connectivity index (χ0v) is 11.1. The molecule has 0 fully saturated rings. The topological polar surface area (TPSA) is 76.1 Å². The van der Waals surface area contributed by atoms with Crippen LogP contribution in [-0.2, 0) is 5.41 Å². The molecule has 0 bridgehead atoms. The van der Waals surface area contributed by atoms with Crippen molar-refractivity contribution in [2.45, 2.75) is 26.2 Å². The number of oxazole rings is 1.